The monoisotopic (exact) mass is 268 g/mol. The summed E-state index contributed by atoms with van der Waals surface area (Å²) in [6.07, 6.45) is 0.654. The van der Waals surface area contributed by atoms with Gasteiger partial charge in [-0.2, -0.15) is 0 Å². The Morgan fingerprint density at radius 1 is 1.26 bits per heavy atom. The molecule has 19 heavy (non-hydrogen) atoms. The highest BCUT2D eigenvalue weighted by molar-refractivity contribution is 5.94. The highest BCUT2D eigenvalue weighted by atomic mass is 16.2. The van der Waals surface area contributed by atoms with Crippen LogP contribution in [0, 0.1) is 0 Å². The number of rotatable bonds is 3. The molecule has 2 saturated heterocycles. The van der Waals surface area contributed by atoms with E-state index >= 15 is 0 Å². The van der Waals surface area contributed by atoms with Crippen molar-refractivity contribution in [2.24, 2.45) is 0 Å². The predicted octanol–water partition coefficient (Wildman–Crippen LogP) is -1.03. The van der Waals surface area contributed by atoms with Crippen molar-refractivity contribution in [3.8, 4) is 0 Å². The second-order valence-electron chi connectivity index (χ2n) is 5.64. The van der Waals surface area contributed by atoms with Crippen LogP contribution in [0.5, 0.6) is 0 Å². The van der Waals surface area contributed by atoms with Gasteiger partial charge in [-0.15, -0.1) is 0 Å². The van der Waals surface area contributed by atoms with Gasteiger partial charge in [0.1, 0.15) is 6.04 Å². The zero-order valence-electron chi connectivity index (χ0n) is 12.1. The fourth-order valence-corrected chi connectivity index (χ4v) is 2.76. The van der Waals surface area contributed by atoms with Crippen molar-refractivity contribution in [3.63, 3.8) is 0 Å². The fraction of sp³-hybridized carbons (Fsp3) is 0.846. The van der Waals surface area contributed by atoms with Gasteiger partial charge in [-0.1, -0.05) is 6.92 Å². The number of nitrogens with zero attached hydrogens (tertiary/aromatic N) is 3. The van der Waals surface area contributed by atoms with E-state index in [0.29, 0.717) is 19.0 Å². The van der Waals surface area contributed by atoms with Crippen molar-refractivity contribution >= 4 is 11.8 Å². The Bertz CT molecular complexity index is 361. The third-order valence-corrected chi connectivity index (χ3v) is 4.10. The first-order valence-electron chi connectivity index (χ1n) is 6.98. The van der Waals surface area contributed by atoms with Crippen LogP contribution in [0.4, 0.5) is 0 Å². The molecule has 0 aromatic carbocycles. The molecule has 1 N–H and O–H groups in total. The summed E-state index contributed by atoms with van der Waals surface area (Å²) in [7, 11) is 4.18. The Balaban J connectivity index is 2.00. The van der Waals surface area contributed by atoms with E-state index in [2.05, 4.69) is 29.2 Å². The summed E-state index contributed by atoms with van der Waals surface area (Å²) in [5.74, 6) is 0.0157. The van der Waals surface area contributed by atoms with E-state index in [4.69, 9.17) is 0 Å². The summed E-state index contributed by atoms with van der Waals surface area (Å²) in [6.45, 7) is 5.77. The Labute approximate surface area is 114 Å². The van der Waals surface area contributed by atoms with Gasteiger partial charge >= 0.3 is 0 Å². The van der Waals surface area contributed by atoms with Gasteiger partial charge in [-0.25, -0.2) is 0 Å². The molecular weight excluding hydrogens is 244 g/mol. The average Bonchev–Trinajstić information content (AvgIpc) is 2.37. The minimum Gasteiger partial charge on any atom is -0.343 e. The summed E-state index contributed by atoms with van der Waals surface area (Å²) in [5.41, 5.74) is 0. The average molecular weight is 268 g/mol. The molecule has 0 aliphatic carbocycles. The van der Waals surface area contributed by atoms with Gasteiger partial charge in [0.2, 0.25) is 11.8 Å². The molecule has 108 valence electrons. The molecular formula is C13H24N4O2. The van der Waals surface area contributed by atoms with Gasteiger partial charge < -0.3 is 15.1 Å². The molecule has 0 bridgehead atoms. The van der Waals surface area contributed by atoms with Gasteiger partial charge in [0.25, 0.3) is 0 Å². The Morgan fingerprint density at radius 3 is 2.68 bits per heavy atom. The molecule has 2 aliphatic rings. The number of piperazine rings is 2. The molecule has 2 heterocycles. The second kappa shape index (κ2) is 5.88. The van der Waals surface area contributed by atoms with Crippen LogP contribution in [0.2, 0.25) is 0 Å². The third-order valence-electron chi connectivity index (χ3n) is 4.10. The molecule has 2 fully saturated rings. The highest BCUT2D eigenvalue weighted by Crippen LogP contribution is 2.11. The van der Waals surface area contributed by atoms with E-state index in [-0.39, 0.29) is 24.4 Å². The highest BCUT2D eigenvalue weighted by Gasteiger charge is 2.34. The molecule has 2 unspecified atom stereocenters. The number of carbonyl (C=O) groups excluding carboxylic acids is 2. The number of carbonyl (C=O) groups is 2. The van der Waals surface area contributed by atoms with Crippen molar-refractivity contribution in [2.45, 2.75) is 25.4 Å². The van der Waals surface area contributed by atoms with Crippen LogP contribution < -0.4 is 5.32 Å². The lowest BCUT2D eigenvalue weighted by Gasteiger charge is -2.41. The molecule has 2 rings (SSSR count). The molecule has 2 amide bonds. The quantitative estimate of drug-likeness (QED) is 0.711. The van der Waals surface area contributed by atoms with E-state index < -0.39 is 0 Å². The van der Waals surface area contributed by atoms with Gasteiger partial charge in [0, 0.05) is 32.2 Å². The SMILES string of the molecule is CCC1NC(=O)CN(CC2CN(C)CCN2C)C1=O. The number of nitrogens with one attached hydrogen (secondary N) is 1. The second-order valence-corrected chi connectivity index (χ2v) is 5.64. The first-order chi connectivity index (χ1) is 9.01. The molecule has 0 aromatic heterocycles. The van der Waals surface area contributed by atoms with Gasteiger partial charge in [-0.05, 0) is 20.5 Å². The van der Waals surface area contributed by atoms with Gasteiger partial charge in [-0.3, -0.25) is 14.5 Å². The van der Waals surface area contributed by atoms with Crippen molar-refractivity contribution in [3.05, 3.63) is 0 Å². The van der Waals surface area contributed by atoms with Crippen LogP contribution >= 0.6 is 0 Å². The number of hydrogen-bond donors (Lipinski definition) is 1. The first kappa shape index (κ1) is 14.3. The lowest BCUT2D eigenvalue weighted by Crippen LogP contribution is -2.62. The van der Waals surface area contributed by atoms with Crippen LogP contribution in [-0.2, 0) is 9.59 Å². The Hall–Kier alpha value is -1.14. The van der Waals surface area contributed by atoms with Gasteiger partial charge in [0.15, 0.2) is 0 Å². The Morgan fingerprint density at radius 2 is 2.00 bits per heavy atom. The molecule has 0 aromatic rings. The van der Waals surface area contributed by atoms with E-state index in [9.17, 15) is 9.59 Å². The summed E-state index contributed by atoms with van der Waals surface area (Å²) in [4.78, 5) is 30.2. The maximum Gasteiger partial charge on any atom is 0.245 e. The maximum atomic E-state index is 12.2. The van der Waals surface area contributed by atoms with E-state index in [1.165, 1.54) is 0 Å². The summed E-state index contributed by atoms with van der Waals surface area (Å²) < 4.78 is 0. The molecule has 0 spiro atoms. The smallest absolute Gasteiger partial charge is 0.245 e. The molecule has 0 saturated carbocycles. The molecule has 6 heteroatoms. The van der Waals surface area contributed by atoms with Crippen LogP contribution in [0.15, 0.2) is 0 Å². The minimum atomic E-state index is -0.340. The summed E-state index contributed by atoms with van der Waals surface area (Å²) in [5, 5.41) is 2.75. The standard InChI is InChI=1S/C13H24N4O2/c1-4-11-13(19)17(9-12(18)14-11)8-10-7-15(2)5-6-16(10)3/h10-11H,4-9H2,1-3H3,(H,14,18). The van der Waals surface area contributed by atoms with E-state index in [1.54, 1.807) is 4.90 Å². The molecule has 6 nitrogen and oxygen atoms in total. The lowest BCUT2D eigenvalue weighted by molar-refractivity contribution is -0.145. The van der Waals surface area contributed by atoms with E-state index in [0.717, 1.165) is 19.6 Å². The topological polar surface area (TPSA) is 55.9 Å². The van der Waals surface area contributed by atoms with Crippen LogP contribution in [0.1, 0.15) is 13.3 Å². The Kier molecular flexibility index (Phi) is 4.42. The third kappa shape index (κ3) is 3.25. The minimum absolute atomic E-state index is 0.0433. The molecule has 0 radical (unpaired) electrons. The summed E-state index contributed by atoms with van der Waals surface area (Å²) in [6, 6.07) is -0.0287. The number of amides is 2. The number of hydrogen-bond acceptors (Lipinski definition) is 4. The molecule has 2 atom stereocenters. The van der Waals surface area contributed by atoms with Crippen molar-refractivity contribution in [1.82, 2.24) is 20.0 Å². The number of likely N-dealkylation sites (N-methyl/N-ethyl adjacent to an activating group) is 2. The van der Waals surface area contributed by atoms with Gasteiger partial charge in [0.05, 0.1) is 6.54 Å². The maximum absolute atomic E-state index is 12.2. The van der Waals surface area contributed by atoms with Crippen molar-refractivity contribution in [1.29, 1.82) is 0 Å². The van der Waals surface area contributed by atoms with Crippen LogP contribution in [0.3, 0.4) is 0 Å². The van der Waals surface area contributed by atoms with Crippen LogP contribution in [0.25, 0.3) is 0 Å². The normalized spacial score (nSPS) is 30.6. The lowest BCUT2D eigenvalue weighted by atomic mass is 10.1. The van der Waals surface area contributed by atoms with Crippen LogP contribution in [-0.4, -0.2) is 85.4 Å². The summed E-state index contributed by atoms with van der Waals surface area (Å²) >= 11 is 0. The van der Waals surface area contributed by atoms with Crippen molar-refractivity contribution < 1.29 is 9.59 Å². The van der Waals surface area contributed by atoms with Crippen molar-refractivity contribution in [2.75, 3.05) is 46.8 Å². The zero-order chi connectivity index (χ0) is 14.0. The first-order valence-corrected chi connectivity index (χ1v) is 6.98. The predicted molar refractivity (Wildman–Crippen MR) is 72.7 cm³/mol. The van der Waals surface area contributed by atoms with E-state index in [1.807, 2.05) is 6.92 Å². The zero-order valence-corrected chi connectivity index (χ0v) is 12.1. The fourth-order valence-electron chi connectivity index (χ4n) is 2.76. The molecule has 2 aliphatic heterocycles. The largest absolute Gasteiger partial charge is 0.343 e.